The number of fused-ring (bicyclic) bond motifs is 1. The Kier molecular flexibility index (Phi) is 4.44. The van der Waals surface area contributed by atoms with Gasteiger partial charge >= 0.3 is 0 Å². The molecule has 1 aliphatic heterocycles. The first-order chi connectivity index (χ1) is 11.7. The van der Waals surface area contributed by atoms with Crippen LogP contribution in [0.3, 0.4) is 0 Å². The molecule has 3 nitrogen and oxygen atoms in total. The second-order valence-corrected chi connectivity index (χ2v) is 7.82. The van der Waals surface area contributed by atoms with Gasteiger partial charge < -0.3 is 4.90 Å². The van der Waals surface area contributed by atoms with Gasteiger partial charge in [-0.05, 0) is 36.8 Å². The molecular weight excluding hydrogens is 338 g/mol. The second-order valence-electron chi connectivity index (χ2n) is 6.27. The van der Waals surface area contributed by atoms with Crippen molar-refractivity contribution >= 4 is 38.8 Å². The summed E-state index contributed by atoms with van der Waals surface area (Å²) in [6.45, 7) is 7.28. The molecule has 2 aromatic carbocycles. The van der Waals surface area contributed by atoms with Crippen LogP contribution < -0.4 is 4.90 Å². The van der Waals surface area contributed by atoms with Gasteiger partial charge in [0, 0.05) is 36.9 Å². The molecule has 1 saturated heterocycles. The third kappa shape index (κ3) is 3.27. The Morgan fingerprint density at radius 2 is 1.88 bits per heavy atom. The molecule has 0 radical (unpaired) electrons. The van der Waals surface area contributed by atoms with E-state index in [1.54, 1.807) is 0 Å². The average Bonchev–Trinajstić information content (AvgIpc) is 3.00. The Morgan fingerprint density at radius 1 is 1.08 bits per heavy atom. The number of piperazine rings is 1. The number of para-hydroxylation sites is 1. The van der Waals surface area contributed by atoms with Crippen molar-refractivity contribution in [3.05, 3.63) is 58.1 Å². The standard InChI is InChI=1S/C19H20ClN3S/c1-14-6-7-15(20)12-17(14)23-10-8-22(9-11-23)13-19-21-16-4-2-3-5-18(16)24-19/h2-7,12H,8-11,13H2,1H3. The molecule has 4 rings (SSSR count). The number of thiazole rings is 1. The molecule has 0 atom stereocenters. The topological polar surface area (TPSA) is 19.4 Å². The van der Waals surface area contributed by atoms with Gasteiger partial charge in [0.25, 0.3) is 0 Å². The highest BCUT2D eigenvalue weighted by atomic mass is 35.5. The molecule has 3 aromatic rings. The van der Waals surface area contributed by atoms with Crippen molar-refractivity contribution in [3.8, 4) is 0 Å². The van der Waals surface area contributed by atoms with E-state index in [-0.39, 0.29) is 0 Å². The lowest BCUT2D eigenvalue weighted by molar-refractivity contribution is 0.249. The van der Waals surface area contributed by atoms with Crippen LogP contribution >= 0.6 is 22.9 Å². The predicted molar refractivity (Wildman–Crippen MR) is 103 cm³/mol. The number of benzene rings is 2. The summed E-state index contributed by atoms with van der Waals surface area (Å²) in [6, 6.07) is 14.5. The van der Waals surface area contributed by atoms with Gasteiger partial charge in [0.05, 0.1) is 16.8 Å². The minimum Gasteiger partial charge on any atom is -0.369 e. The number of aryl methyl sites for hydroxylation is 1. The van der Waals surface area contributed by atoms with Crippen LogP contribution in [0.25, 0.3) is 10.2 Å². The number of aromatic nitrogens is 1. The van der Waals surface area contributed by atoms with E-state index in [4.69, 9.17) is 16.6 Å². The first kappa shape index (κ1) is 15.9. The zero-order valence-electron chi connectivity index (χ0n) is 13.7. The number of nitrogens with zero attached hydrogens (tertiary/aromatic N) is 3. The molecule has 0 spiro atoms. The molecule has 2 heterocycles. The Balaban J connectivity index is 1.41. The van der Waals surface area contributed by atoms with Crippen molar-refractivity contribution in [2.75, 3.05) is 31.1 Å². The quantitative estimate of drug-likeness (QED) is 0.684. The van der Waals surface area contributed by atoms with Gasteiger partial charge in [-0.2, -0.15) is 0 Å². The molecule has 0 saturated carbocycles. The van der Waals surface area contributed by atoms with Crippen molar-refractivity contribution < 1.29 is 0 Å². The van der Waals surface area contributed by atoms with Gasteiger partial charge in [0.15, 0.2) is 0 Å². The summed E-state index contributed by atoms with van der Waals surface area (Å²) in [5.74, 6) is 0. The monoisotopic (exact) mass is 357 g/mol. The molecule has 1 aliphatic rings. The molecule has 124 valence electrons. The summed E-state index contributed by atoms with van der Waals surface area (Å²) in [7, 11) is 0. The highest BCUT2D eigenvalue weighted by molar-refractivity contribution is 7.18. The third-order valence-electron chi connectivity index (χ3n) is 4.58. The molecule has 24 heavy (non-hydrogen) atoms. The molecular formula is C19H20ClN3S. The lowest BCUT2D eigenvalue weighted by Crippen LogP contribution is -2.46. The Labute approximate surface area is 151 Å². The summed E-state index contributed by atoms with van der Waals surface area (Å²) in [4.78, 5) is 9.69. The number of hydrogen-bond acceptors (Lipinski definition) is 4. The zero-order valence-corrected chi connectivity index (χ0v) is 15.3. The van der Waals surface area contributed by atoms with Gasteiger partial charge in [0.2, 0.25) is 0 Å². The van der Waals surface area contributed by atoms with E-state index in [1.165, 1.54) is 21.0 Å². The highest BCUT2D eigenvalue weighted by Crippen LogP contribution is 2.26. The van der Waals surface area contributed by atoms with Crippen molar-refractivity contribution in [1.82, 2.24) is 9.88 Å². The van der Waals surface area contributed by atoms with E-state index in [2.05, 4.69) is 53.1 Å². The number of rotatable bonds is 3. The summed E-state index contributed by atoms with van der Waals surface area (Å²) in [5.41, 5.74) is 3.67. The lowest BCUT2D eigenvalue weighted by Gasteiger charge is -2.36. The maximum Gasteiger partial charge on any atom is 0.108 e. The van der Waals surface area contributed by atoms with E-state index >= 15 is 0 Å². The molecule has 0 unspecified atom stereocenters. The Morgan fingerprint density at radius 3 is 2.67 bits per heavy atom. The largest absolute Gasteiger partial charge is 0.369 e. The van der Waals surface area contributed by atoms with Crippen LogP contribution in [0.2, 0.25) is 5.02 Å². The van der Waals surface area contributed by atoms with E-state index in [0.29, 0.717) is 0 Å². The fraction of sp³-hybridized carbons (Fsp3) is 0.316. The maximum atomic E-state index is 6.17. The van der Waals surface area contributed by atoms with Crippen molar-refractivity contribution in [2.45, 2.75) is 13.5 Å². The van der Waals surface area contributed by atoms with Crippen LogP contribution in [0.5, 0.6) is 0 Å². The van der Waals surface area contributed by atoms with E-state index < -0.39 is 0 Å². The molecule has 0 aliphatic carbocycles. The fourth-order valence-corrected chi connectivity index (χ4v) is 4.43. The van der Waals surface area contributed by atoms with E-state index in [0.717, 1.165) is 43.3 Å². The molecule has 1 aromatic heterocycles. The second kappa shape index (κ2) is 6.71. The Hall–Kier alpha value is -1.62. The first-order valence-corrected chi connectivity index (χ1v) is 9.46. The number of hydrogen-bond donors (Lipinski definition) is 0. The van der Waals surface area contributed by atoms with Gasteiger partial charge in [-0.3, -0.25) is 4.90 Å². The summed E-state index contributed by atoms with van der Waals surface area (Å²) < 4.78 is 1.28. The maximum absolute atomic E-state index is 6.17. The predicted octanol–water partition coefficient (Wildman–Crippen LogP) is 4.58. The molecule has 0 amide bonds. The van der Waals surface area contributed by atoms with Crippen molar-refractivity contribution in [1.29, 1.82) is 0 Å². The van der Waals surface area contributed by atoms with Gasteiger partial charge in [0.1, 0.15) is 5.01 Å². The summed E-state index contributed by atoms with van der Waals surface area (Å²) in [6.07, 6.45) is 0. The van der Waals surface area contributed by atoms with E-state index in [9.17, 15) is 0 Å². The fourth-order valence-electron chi connectivity index (χ4n) is 3.25. The van der Waals surface area contributed by atoms with Crippen LogP contribution in [-0.2, 0) is 6.54 Å². The Bertz CT molecular complexity index is 820. The van der Waals surface area contributed by atoms with Crippen molar-refractivity contribution in [3.63, 3.8) is 0 Å². The minimum absolute atomic E-state index is 0.813. The van der Waals surface area contributed by atoms with Crippen LogP contribution in [0.4, 0.5) is 5.69 Å². The summed E-state index contributed by atoms with van der Waals surface area (Å²) in [5, 5.41) is 2.02. The van der Waals surface area contributed by atoms with Crippen LogP contribution in [0.1, 0.15) is 10.6 Å². The van der Waals surface area contributed by atoms with Gasteiger partial charge in [-0.15, -0.1) is 11.3 Å². The molecule has 0 bridgehead atoms. The van der Waals surface area contributed by atoms with Gasteiger partial charge in [-0.1, -0.05) is 29.8 Å². The number of anilines is 1. The average molecular weight is 358 g/mol. The highest BCUT2D eigenvalue weighted by Gasteiger charge is 2.19. The molecule has 1 fully saturated rings. The third-order valence-corrected chi connectivity index (χ3v) is 5.84. The summed E-state index contributed by atoms with van der Waals surface area (Å²) >= 11 is 7.98. The van der Waals surface area contributed by atoms with Crippen LogP contribution in [-0.4, -0.2) is 36.1 Å². The normalized spacial score (nSPS) is 16.0. The lowest BCUT2D eigenvalue weighted by atomic mass is 10.1. The SMILES string of the molecule is Cc1ccc(Cl)cc1N1CCN(Cc2nc3ccccc3s2)CC1. The van der Waals surface area contributed by atoms with Crippen LogP contribution in [0, 0.1) is 6.92 Å². The van der Waals surface area contributed by atoms with Crippen LogP contribution in [0.15, 0.2) is 42.5 Å². The number of halogens is 1. The molecule has 5 heteroatoms. The van der Waals surface area contributed by atoms with Crippen molar-refractivity contribution in [2.24, 2.45) is 0 Å². The smallest absolute Gasteiger partial charge is 0.108 e. The minimum atomic E-state index is 0.813. The zero-order chi connectivity index (χ0) is 16.5. The van der Waals surface area contributed by atoms with Gasteiger partial charge in [-0.25, -0.2) is 4.98 Å². The van der Waals surface area contributed by atoms with E-state index in [1.807, 2.05) is 17.4 Å². The first-order valence-electron chi connectivity index (χ1n) is 8.27. The molecule has 0 N–H and O–H groups in total.